The Kier molecular flexibility index (Phi) is 4.09. The van der Waals surface area contributed by atoms with Crippen LogP contribution >= 0.6 is 0 Å². The lowest BCUT2D eigenvalue weighted by Gasteiger charge is -2.07. The number of aromatic nitrogens is 2. The Labute approximate surface area is 114 Å². The number of nitrogens with one attached hydrogen (secondary N) is 1. The second kappa shape index (κ2) is 5.96. The molecule has 0 spiro atoms. The SMILES string of the molecule is CCOc1ccc(NC(=O)c2ccnc(N)c2F)cn1. The molecule has 0 saturated carbocycles. The molecule has 0 aliphatic heterocycles. The highest BCUT2D eigenvalue weighted by Crippen LogP contribution is 2.16. The fourth-order valence-corrected chi connectivity index (χ4v) is 1.52. The van der Waals surface area contributed by atoms with Crippen molar-refractivity contribution < 1.29 is 13.9 Å². The first-order valence-electron chi connectivity index (χ1n) is 5.92. The highest BCUT2D eigenvalue weighted by atomic mass is 19.1. The third-order valence-electron chi connectivity index (χ3n) is 2.45. The molecular weight excluding hydrogens is 263 g/mol. The third kappa shape index (κ3) is 3.00. The summed E-state index contributed by atoms with van der Waals surface area (Å²) in [5.74, 6) is -1.33. The molecule has 0 aliphatic rings. The minimum atomic E-state index is -0.844. The average molecular weight is 276 g/mol. The molecule has 0 fully saturated rings. The predicted molar refractivity (Wildman–Crippen MR) is 72.0 cm³/mol. The van der Waals surface area contributed by atoms with E-state index in [-0.39, 0.29) is 11.4 Å². The number of hydrogen-bond donors (Lipinski definition) is 2. The van der Waals surface area contributed by atoms with E-state index in [0.717, 1.165) is 0 Å². The van der Waals surface area contributed by atoms with Crippen LogP contribution in [-0.2, 0) is 0 Å². The number of nitrogens with zero attached hydrogens (tertiary/aromatic N) is 2. The van der Waals surface area contributed by atoms with Crippen molar-refractivity contribution in [3.63, 3.8) is 0 Å². The molecule has 2 heterocycles. The maximum absolute atomic E-state index is 13.6. The van der Waals surface area contributed by atoms with Crippen LogP contribution in [0.5, 0.6) is 5.88 Å². The van der Waals surface area contributed by atoms with Gasteiger partial charge in [-0.05, 0) is 19.1 Å². The molecule has 0 radical (unpaired) electrons. The number of halogens is 1. The topological polar surface area (TPSA) is 90.1 Å². The summed E-state index contributed by atoms with van der Waals surface area (Å²) in [6.07, 6.45) is 2.69. The van der Waals surface area contributed by atoms with E-state index in [1.54, 1.807) is 12.1 Å². The number of nitrogens with two attached hydrogens (primary N) is 1. The van der Waals surface area contributed by atoms with Crippen molar-refractivity contribution in [2.45, 2.75) is 6.92 Å². The maximum Gasteiger partial charge on any atom is 0.258 e. The molecule has 0 bridgehead atoms. The van der Waals surface area contributed by atoms with Crippen LogP contribution in [0.15, 0.2) is 30.6 Å². The number of carbonyl (C=O) groups is 1. The first-order chi connectivity index (χ1) is 9.61. The Balaban J connectivity index is 2.13. The Hall–Kier alpha value is -2.70. The summed E-state index contributed by atoms with van der Waals surface area (Å²) in [4.78, 5) is 19.4. The second-order valence-corrected chi connectivity index (χ2v) is 3.83. The Morgan fingerprint density at radius 2 is 2.20 bits per heavy atom. The number of nitrogen functional groups attached to an aromatic ring is 1. The van der Waals surface area contributed by atoms with E-state index in [0.29, 0.717) is 18.2 Å². The van der Waals surface area contributed by atoms with Gasteiger partial charge >= 0.3 is 0 Å². The molecule has 7 heteroatoms. The van der Waals surface area contributed by atoms with E-state index >= 15 is 0 Å². The van der Waals surface area contributed by atoms with E-state index in [1.807, 2.05) is 6.92 Å². The number of anilines is 2. The van der Waals surface area contributed by atoms with Gasteiger partial charge in [0.1, 0.15) is 0 Å². The standard InChI is InChI=1S/C13H13FN4O2/c1-2-20-10-4-3-8(7-17-10)18-13(19)9-5-6-16-12(15)11(9)14/h3-7H,2H2,1H3,(H2,15,16)(H,18,19). The van der Waals surface area contributed by atoms with E-state index < -0.39 is 11.7 Å². The molecule has 0 aromatic carbocycles. The van der Waals surface area contributed by atoms with E-state index in [1.165, 1.54) is 18.5 Å². The summed E-state index contributed by atoms with van der Waals surface area (Å²) in [5.41, 5.74) is 5.56. The summed E-state index contributed by atoms with van der Waals surface area (Å²) in [6, 6.07) is 4.47. The van der Waals surface area contributed by atoms with Crippen LogP contribution in [-0.4, -0.2) is 22.5 Å². The second-order valence-electron chi connectivity index (χ2n) is 3.83. The first kappa shape index (κ1) is 13.7. The maximum atomic E-state index is 13.6. The fraction of sp³-hybridized carbons (Fsp3) is 0.154. The normalized spacial score (nSPS) is 10.1. The van der Waals surface area contributed by atoms with Gasteiger partial charge in [-0.1, -0.05) is 0 Å². The quantitative estimate of drug-likeness (QED) is 0.889. The van der Waals surface area contributed by atoms with Gasteiger partial charge in [0.05, 0.1) is 24.1 Å². The van der Waals surface area contributed by atoms with Gasteiger partial charge in [0.2, 0.25) is 5.88 Å². The Morgan fingerprint density at radius 3 is 2.85 bits per heavy atom. The monoisotopic (exact) mass is 276 g/mol. The largest absolute Gasteiger partial charge is 0.478 e. The van der Waals surface area contributed by atoms with Crippen LogP contribution in [0.3, 0.4) is 0 Å². The summed E-state index contributed by atoms with van der Waals surface area (Å²) in [6.45, 7) is 2.34. The summed E-state index contributed by atoms with van der Waals surface area (Å²) in [5, 5.41) is 2.52. The van der Waals surface area contributed by atoms with Gasteiger partial charge in [0.15, 0.2) is 11.6 Å². The van der Waals surface area contributed by atoms with Gasteiger partial charge in [0.25, 0.3) is 5.91 Å². The molecule has 104 valence electrons. The van der Waals surface area contributed by atoms with Crippen molar-refractivity contribution in [1.82, 2.24) is 9.97 Å². The van der Waals surface area contributed by atoms with Crippen molar-refractivity contribution in [1.29, 1.82) is 0 Å². The number of ether oxygens (including phenoxy) is 1. The van der Waals surface area contributed by atoms with Gasteiger partial charge in [0, 0.05) is 12.3 Å². The molecule has 20 heavy (non-hydrogen) atoms. The molecule has 2 rings (SSSR count). The molecular formula is C13H13FN4O2. The Morgan fingerprint density at radius 1 is 1.40 bits per heavy atom. The van der Waals surface area contributed by atoms with Crippen molar-refractivity contribution in [2.75, 3.05) is 17.7 Å². The van der Waals surface area contributed by atoms with Crippen molar-refractivity contribution in [2.24, 2.45) is 0 Å². The molecule has 0 atom stereocenters. The number of rotatable bonds is 4. The van der Waals surface area contributed by atoms with Gasteiger partial charge in [-0.3, -0.25) is 4.79 Å². The molecule has 0 unspecified atom stereocenters. The molecule has 6 nitrogen and oxygen atoms in total. The summed E-state index contributed by atoms with van der Waals surface area (Å²) in [7, 11) is 0. The van der Waals surface area contributed by atoms with E-state index in [2.05, 4.69) is 15.3 Å². The third-order valence-corrected chi connectivity index (χ3v) is 2.45. The predicted octanol–water partition coefficient (Wildman–Crippen LogP) is 1.85. The molecule has 1 amide bonds. The van der Waals surface area contributed by atoms with Gasteiger partial charge < -0.3 is 15.8 Å². The van der Waals surface area contributed by atoms with Crippen molar-refractivity contribution >= 4 is 17.4 Å². The number of pyridine rings is 2. The zero-order chi connectivity index (χ0) is 14.5. The van der Waals surface area contributed by atoms with Gasteiger partial charge in [-0.15, -0.1) is 0 Å². The minimum Gasteiger partial charge on any atom is -0.478 e. The Bertz CT molecular complexity index is 616. The van der Waals surface area contributed by atoms with Gasteiger partial charge in [-0.2, -0.15) is 0 Å². The zero-order valence-corrected chi connectivity index (χ0v) is 10.8. The van der Waals surface area contributed by atoms with E-state index in [9.17, 15) is 9.18 Å². The number of hydrogen-bond acceptors (Lipinski definition) is 5. The van der Waals surface area contributed by atoms with Crippen LogP contribution in [0.4, 0.5) is 15.9 Å². The van der Waals surface area contributed by atoms with E-state index in [4.69, 9.17) is 10.5 Å². The number of amides is 1. The van der Waals surface area contributed by atoms with Crippen molar-refractivity contribution in [3.05, 3.63) is 42.0 Å². The van der Waals surface area contributed by atoms with Crippen LogP contribution in [0.1, 0.15) is 17.3 Å². The molecule has 2 aromatic heterocycles. The smallest absolute Gasteiger partial charge is 0.258 e. The molecule has 3 N–H and O–H groups in total. The summed E-state index contributed by atoms with van der Waals surface area (Å²) < 4.78 is 18.8. The summed E-state index contributed by atoms with van der Waals surface area (Å²) >= 11 is 0. The molecule has 0 aliphatic carbocycles. The van der Waals surface area contributed by atoms with Crippen LogP contribution in [0.25, 0.3) is 0 Å². The first-order valence-corrected chi connectivity index (χ1v) is 5.92. The molecule has 0 saturated heterocycles. The average Bonchev–Trinajstić information content (AvgIpc) is 2.44. The van der Waals surface area contributed by atoms with Crippen LogP contribution in [0.2, 0.25) is 0 Å². The lowest BCUT2D eigenvalue weighted by atomic mass is 10.2. The minimum absolute atomic E-state index is 0.175. The molecule has 2 aromatic rings. The van der Waals surface area contributed by atoms with Gasteiger partial charge in [-0.25, -0.2) is 14.4 Å². The lowest BCUT2D eigenvalue weighted by Crippen LogP contribution is -2.15. The van der Waals surface area contributed by atoms with Crippen molar-refractivity contribution in [3.8, 4) is 5.88 Å². The lowest BCUT2D eigenvalue weighted by molar-refractivity contribution is 0.102. The highest BCUT2D eigenvalue weighted by Gasteiger charge is 2.14. The van der Waals surface area contributed by atoms with Crippen LogP contribution < -0.4 is 15.8 Å². The van der Waals surface area contributed by atoms with Crippen LogP contribution in [0, 0.1) is 5.82 Å². The number of carbonyl (C=O) groups excluding carboxylic acids is 1. The fourth-order valence-electron chi connectivity index (χ4n) is 1.52. The zero-order valence-electron chi connectivity index (χ0n) is 10.8. The highest BCUT2D eigenvalue weighted by molar-refractivity contribution is 6.04.